The van der Waals surface area contributed by atoms with Crippen molar-refractivity contribution in [2.24, 2.45) is 0 Å². The molecule has 0 aromatic rings. The van der Waals surface area contributed by atoms with Crippen LogP contribution in [-0.2, 0) is 0 Å². The maximum Gasteiger partial charge on any atom is 0.0669 e. The van der Waals surface area contributed by atoms with Gasteiger partial charge in [-0.2, -0.15) is 5.26 Å². The van der Waals surface area contributed by atoms with E-state index >= 15 is 0 Å². The fourth-order valence-electron chi connectivity index (χ4n) is 2.26. The van der Waals surface area contributed by atoms with Gasteiger partial charge in [-0.15, -0.1) is 0 Å². The molecule has 0 atom stereocenters. The van der Waals surface area contributed by atoms with Crippen molar-refractivity contribution in [1.82, 2.24) is 0 Å². The summed E-state index contributed by atoms with van der Waals surface area (Å²) in [4.78, 5) is 0. The molecule has 0 heterocycles. The van der Waals surface area contributed by atoms with E-state index < -0.39 is 0 Å². The number of nitrogens with zero attached hydrogens (tertiary/aromatic N) is 1. The van der Waals surface area contributed by atoms with Crippen LogP contribution in [-0.4, -0.2) is 0 Å². The van der Waals surface area contributed by atoms with Crippen molar-refractivity contribution >= 4 is 0 Å². The molecule has 0 rings (SSSR count). The van der Waals surface area contributed by atoms with Gasteiger partial charge < -0.3 is 0 Å². The second kappa shape index (κ2) is 16.5. The monoisotopic (exact) mass is 249 g/mol. The van der Waals surface area contributed by atoms with E-state index in [1.807, 2.05) is 0 Å². The molecule has 18 heavy (non-hydrogen) atoms. The molecule has 0 saturated heterocycles. The first-order valence-corrected chi connectivity index (χ1v) is 7.92. The van der Waals surface area contributed by atoms with Gasteiger partial charge in [-0.3, -0.25) is 0 Å². The van der Waals surface area contributed by atoms with Crippen molar-refractivity contribution < 1.29 is 0 Å². The van der Waals surface area contributed by atoms with Gasteiger partial charge in [0.25, 0.3) is 0 Å². The molecule has 0 N–H and O–H groups in total. The Labute approximate surface area is 115 Å². The van der Waals surface area contributed by atoms with Gasteiger partial charge in [0.15, 0.2) is 0 Å². The Balaban J connectivity index is 2.89. The van der Waals surface area contributed by atoms with E-state index in [0.717, 1.165) is 12.8 Å². The van der Waals surface area contributed by atoms with Gasteiger partial charge >= 0.3 is 0 Å². The summed E-state index contributed by atoms with van der Waals surface area (Å²) >= 11 is 0. The van der Waals surface area contributed by atoms with Crippen LogP contribution in [0.2, 0.25) is 0 Å². The second-order valence-corrected chi connectivity index (χ2v) is 5.22. The fraction of sp³-hybridized carbons (Fsp3) is 0.824. The molecule has 0 bridgehead atoms. The quantitative estimate of drug-likeness (QED) is 0.346. The topological polar surface area (TPSA) is 23.8 Å². The Morgan fingerprint density at radius 1 is 0.667 bits per heavy atom. The molecule has 0 unspecified atom stereocenters. The lowest BCUT2D eigenvalue weighted by molar-refractivity contribution is 0.541. The predicted molar refractivity (Wildman–Crippen MR) is 79.9 cm³/mol. The van der Waals surface area contributed by atoms with Crippen LogP contribution in [0.4, 0.5) is 0 Å². The number of hydrogen-bond donors (Lipinski definition) is 0. The SMILES string of the molecule is [CH2]CCCCCCCCCCCCCC[CH]C#N. The number of unbranched alkanes of at least 4 members (excludes halogenated alkanes) is 14. The standard InChI is InChI=1S/C17H31N/c1-2-3-4-5-6-7-8-9-10-11-12-13-14-15-16-17-18/h16H,1-15H2. The van der Waals surface area contributed by atoms with Crippen LogP contribution in [0, 0.1) is 24.7 Å². The summed E-state index contributed by atoms with van der Waals surface area (Å²) in [7, 11) is 0. The van der Waals surface area contributed by atoms with Crippen molar-refractivity contribution in [2.45, 2.75) is 89.9 Å². The van der Waals surface area contributed by atoms with Crippen molar-refractivity contribution in [2.75, 3.05) is 0 Å². The van der Waals surface area contributed by atoms with E-state index in [1.54, 1.807) is 6.42 Å². The molecule has 0 aliphatic rings. The largest absolute Gasteiger partial charge is 0.198 e. The Hall–Kier alpha value is -0.510. The van der Waals surface area contributed by atoms with Crippen LogP contribution in [0.1, 0.15) is 89.9 Å². The first-order chi connectivity index (χ1) is 8.91. The van der Waals surface area contributed by atoms with Gasteiger partial charge in [-0.1, -0.05) is 90.4 Å². The molecule has 104 valence electrons. The van der Waals surface area contributed by atoms with Crippen LogP contribution in [0.3, 0.4) is 0 Å². The van der Waals surface area contributed by atoms with Crippen molar-refractivity contribution in [1.29, 1.82) is 5.26 Å². The smallest absolute Gasteiger partial charge is 0.0669 e. The summed E-state index contributed by atoms with van der Waals surface area (Å²) in [6.45, 7) is 3.87. The van der Waals surface area contributed by atoms with E-state index in [-0.39, 0.29) is 0 Å². The van der Waals surface area contributed by atoms with E-state index in [0.29, 0.717) is 0 Å². The van der Waals surface area contributed by atoms with Gasteiger partial charge in [0.05, 0.1) is 12.5 Å². The first kappa shape index (κ1) is 17.5. The zero-order valence-electron chi connectivity index (χ0n) is 12.1. The molecule has 0 aliphatic carbocycles. The summed E-state index contributed by atoms with van der Waals surface area (Å²) in [5.41, 5.74) is 0. The van der Waals surface area contributed by atoms with Crippen molar-refractivity contribution in [3.8, 4) is 6.07 Å². The summed E-state index contributed by atoms with van der Waals surface area (Å²) < 4.78 is 0. The Morgan fingerprint density at radius 3 is 1.44 bits per heavy atom. The minimum absolute atomic E-state index is 0.976. The first-order valence-electron chi connectivity index (χ1n) is 7.92. The average Bonchev–Trinajstić information content (AvgIpc) is 2.39. The molecule has 0 aromatic heterocycles. The molecule has 0 amide bonds. The van der Waals surface area contributed by atoms with Gasteiger partial charge in [0, 0.05) is 0 Å². The molecule has 0 aliphatic heterocycles. The van der Waals surface area contributed by atoms with Gasteiger partial charge in [0.1, 0.15) is 0 Å². The lowest BCUT2D eigenvalue weighted by Crippen LogP contribution is -1.83. The predicted octanol–water partition coefficient (Wildman–Crippen LogP) is 6.01. The highest BCUT2D eigenvalue weighted by Crippen LogP contribution is 2.12. The molecule has 0 aromatic carbocycles. The van der Waals surface area contributed by atoms with Crippen LogP contribution in [0.5, 0.6) is 0 Å². The maximum atomic E-state index is 8.35. The molecule has 0 saturated carbocycles. The minimum Gasteiger partial charge on any atom is -0.198 e. The maximum absolute atomic E-state index is 8.35. The molecule has 0 spiro atoms. The van der Waals surface area contributed by atoms with Crippen LogP contribution < -0.4 is 0 Å². The summed E-state index contributed by atoms with van der Waals surface area (Å²) in [6.07, 6.45) is 20.2. The Bertz CT molecular complexity index is 181. The Morgan fingerprint density at radius 2 is 1.06 bits per heavy atom. The van der Waals surface area contributed by atoms with Crippen molar-refractivity contribution in [3.05, 3.63) is 13.3 Å². The third-order valence-electron chi connectivity index (χ3n) is 3.44. The van der Waals surface area contributed by atoms with E-state index in [2.05, 4.69) is 13.0 Å². The molecule has 1 heteroatoms. The fourth-order valence-corrected chi connectivity index (χ4v) is 2.26. The molecular weight excluding hydrogens is 218 g/mol. The van der Waals surface area contributed by atoms with Crippen LogP contribution in [0.25, 0.3) is 0 Å². The second-order valence-electron chi connectivity index (χ2n) is 5.22. The van der Waals surface area contributed by atoms with Gasteiger partial charge in [0.2, 0.25) is 0 Å². The zero-order chi connectivity index (χ0) is 13.3. The van der Waals surface area contributed by atoms with Gasteiger partial charge in [-0.05, 0) is 6.42 Å². The molecule has 1 nitrogen and oxygen atoms in total. The number of hydrogen-bond acceptors (Lipinski definition) is 1. The highest BCUT2D eigenvalue weighted by Gasteiger charge is 1.93. The van der Waals surface area contributed by atoms with Gasteiger partial charge in [-0.25, -0.2) is 0 Å². The highest BCUT2D eigenvalue weighted by molar-refractivity contribution is 4.90. The highest BCUT2D eigenvalue weighted by atomic mass is 14.2. The average molecular weight is 249 g/mol. The summed E-state index contributed by atoms with van der Waals surface area (Å²) in [6, 6.07) is 2.08. The van der Waals surface area contributed by atoms with Crippen LogP contribution >= 0.6 is 0 Å². The third kappa shape index (κ3) is 15.5. The zero-order valence-corrected chi connectivity index (χ0v) is 12.1. The molecular formula is C17H31N. The Kier molecular flexibility index (Phi) is 16.0. The number of rotatable bonds is 14. The number of nitriles is 1. The lowest BCUT2D eigenvalue weighted by Gasteiger charge is -2.02. The van der Waals surface area contributed by atoms with E-state index in [4.69, 9.17) is 5.26 Å². The molecule has 2 radical (unpaired) electrons. The normalized spacial score (nSPS) is 10.4. The van der Waals surface area contributed by atoms with E-state index in [1.165, 1.54) is 77.0 Å². The third-order valence-corrected chi connectivity index (χ3v) is 3.44. The van der Waals surface area contributed by atoms with E-state index in [9.17, 15) is 0 Å². The minimum atomic E-state index is 0.976. The van der Waals surface area contributed by atoms with Crippen molar-refractivity contribution in [3.63, 3.8) is 0 Å². The molecule has 0 fully saturated rings. The summed E-state index contributed by atoms with van der Waals surface area (Å²) in [5.74, 6) is 0. The lowest BCUT2D eigenvalue weighted by atomic mass is 10.0. The summed E-state index contributed by atoms with van der Waals surface area (Å²) in [5, 5.41) is 8.35. The van der Waals surface area contributed by atoms with Crippen LogP contribution in [0.15, 0.2) is 0 Å².